The summed E-state index contributed by atoms with van der Waals surface area (Å²) >= 11 is 0. The number of carbonyl (C=O) groups excluding carboxylic acids is 3. The minimum absolute atomic E-state index is 0.0872. The average Bonchev–Trinajstić information content (AvgIpc) is 3.52. The van der Waals surface area contributed by atoms with E-state index < -0.39 is 28.9 Å². The van der Waals surface area contributed by atoms with Crippen LogP contribution in [0.4, 0.5) is 16.2 Å². The molecule has 4 amide bonds. The second-order valence-corrected chi connectivity index (χ2v) is 10.7. The highest BCUT2D eigenvalue weighted by Gasteiger charge is 2.36. The van der Waals surface area contributed by atoms with E-state index in [-0.39, 0.29) is 18.0 Å². The quantitative estimate of drug-likeness (QED) is 0.210. The number of hydrogen-bond donors (Lipinski definition) is 2. The van der Waals surface area contributed by atoms with Gasteiger partial charge in [0.05, 0.1) is 4.92 Å². The summed E-state index contributed by atoms with van der Waals surface area (Å²) < 4.78 is 0. The minimum Gasteiger partial charge on any atom is -0.342 e. The number of nitro groups is 1. The summed E-state index contributed by atoms with van der Waals surface area (Å²) in [6, 6.07) is 27.0. The summed E-state index contributed by atoms with van der Waals surface area (Å²) in [5.74, 6) is -0.631. The Morgan fingerprint density at radius 3 is 2.35 bits per heavy atom. The molecule has 5 rings (SSSR count). The normalized spacial score (nSPS) is 15.1. The molecule has 10 heteroatoms. The fraction of sp³-hybridized carbons (Fsp3) is 0.242. The lowest BCUT2D eigenvalue weighted by Gasteiger charge is -2.29. The number of anilines is 1. The molecule has 4 aromatic rings. The van der Waals surface area contributed by atoms with Crippen molar-refractivity contribution in [3.8, 4) is 0 Å². The van der Waals surface area contributed by atoms with Gasteiger partial charge in [0.2, 0.25) is 11.8 Å². The molecule has 0 aliphatic carbocycles. The summed E-state index contributed by atoms with van der Waals surface area (Å²) in [5.41, 5.74) is 2.17. The molecular weight excluding hydrogens is 546 g/mol. The molecule has 0 unspecified atom stereocenters. The van der Waals surface area contributed by atoms with Crippen molar-refractivity contribution in [1.29, 1.82) is 0 Å². The van der Waals surface area contributed by atoms with Gasteiger partial charge in [-0.05, 0) is 46.9 Å². The number of nitrogens with zero attached hydrogens (tertiary/aromatic N) is 3. The van der Waals surface area contributed by atoms with E-state index in [9.17, 15) is 24.5 Å². The first-order valence-corrected chi connectivity index (χ1v) is 14.2. The Balaban J connectivity index is 1.32. The van der Waals surface area contributed by atoms with E-state index in [0.29, 0.717) is 31.6 Å². The first-order chi connectivity index (χ1) is 20.8. The molecule has 0 saturated carbocycles. The standard InChI is InChI=1S/C33H33N5O5/c1-36(22-23-8-3-2-4-9-23)32(40)29(21-24-13-14-25-10-5-6-11-26(25)20-24)35-31(39)30-12-7-19-37(30)33(41)34-27-15-17-28(18-16-27)38(42)43/h2-6,8-11,13-18,20,29-30H,7,12,19,21-22H2,1H3,(H,34,41)(H,35,39)/t29-,30-/m0/s1. The molecule has 10 nitrogen and oxygen atoms in total. The van der Waals surface area contributed by atoms with E-state index in [1.165, 1.54) is 29.2 Å². The van der Waals surface area contributed by atoms with Gasteiger partial charge < -0.3 is 20.4 Å². The Morgan fingerprint density at radius 2 is 1.63 bits per heavy atom. The molecular formula is C33H33N5O5. The maximum atomic E-state index is 13.8. The first-order valence-electron chi connectivity index (χ1n) is 14.2. The van der Waals surface area contributed by atoms with Crippen LogP contribution >= 0.6 is 0 Å². The van der Waals surface area contributed by atoms with E-state index in [2.05, 4.69) is 10.6 Å². The Bertz CT molecular complexity index is 1630. The van der Waals surface area contributed by atoms with Crippen molar-refractivity contribution in [2.45, 2.75) is 37.9 Å². The molecule has 1 aliphatic heterocycles. The van der Waals surface area contributed by atoms with Gasteiger partial charge in [-0.15, -0.1) is 0 Å². The van der Waals surface area contributed by atoms with Crippen molar-refractivity contribution in [1.82, 2.24) is 15.1 Å². The highest BCUT2D eigenvalue weighted by molar-refractivity contribution is 5.96. The zero-order valence-corrected chi connectivity index (χ0v) is 23.8. The van der Waals surface area contributed by atoms with E-state index in [1.807, 2.05) is 72.8 Å². The van der Waals surface area contributed by atoms with E-state index in [4.69, 9.17) is 0 Å². The molecule has 43 heavy (non-hydrogen) atoms. The van der Waals surface area contributed by atoms with E-state index in [0.717, 1.165) is 21.9 Å². The number of carbonyl (C=O) groups is 3. The summed E-state index contributed by atoms with van der Waals surface area (Å²) in [5, 5.41) is 18.8. The van der Waals surface area contributed by atoms with Gasteiger partial charge >= 0.3 is 6.03 Å². The van der Waals surface area contributed by atoms with Gasteiger partial charge in [-0.2, -0.15) is 0 Å². The second-order valence-electron chi connectivity index (χ2n) is 10.7. The molecule has 0 spiro atoms. The topological polar surface area (TPSA) is 125 Å². The zero-order valence-electron chi connectivity index (χ0n) is 23.8. The van der Waals surface area contributed by atoms with Crippen molar-refractivity contribution < 1.29 is 19.3 Å². The van der Waals surface area contributed by atoms with Gasteiger partial charge in [-0.3, -0.25) is 19.7 Å². The number of urea groups is 1. The van der Waals surface area contributed by atoms with Crippen molar-refractivity contribution in [3.63, 3.8) is 0 Å². The minimum atomic E-state index is -0.845. The number of fused-ring (bicyclic) bond motifs is 1. The number of nitro benzene ring substituents is 1. The number of benzene rings is 4. The van der Waals surface area contributed by atoms with E-state index >= 15 is 0 Å². The van der Waals surface area contributed by atoms with Gasteiger partial charge in [0.1, 0.15) is 12.1 Å². The lowest BCUT2D eigenvalue weighted by molar-refractivity contribution is -0.384. The number of rotatable bonds is 9. The average molecular weight is 580 g/mol. The van der Waals surface area contributed by atoms with Crippen molar-refractivity contribution in [3.05, 3.63) is 118 Å². The molecule has 220 valence electrons. The predicted octanol–water partition coefficient (Wildman–Crippen LogP) is 5.13. The summed E-state index contributed by atoms with van der Waals surface area (Å²) in [6.45, 7) is 0.755. The number of likely N-dealkylation sites (tertiary alicyclic amines) is 1. The molecule has 2 atom stereocenters. The van der Waals surface area contributed by atoms with Gasteiger partial charge in [0.25, 0.3) is 5.69 Å². The van der Waals surface area contributed by atoms with Crippen LogP contribution in [0.1, 0.15) is 24.0 Å². The lowest BCUT2D eigenvalue weighted by atomic mass is 10.00. The van der Waals surface area contributed by atoms with Crippen LogP contribution in [-0.4, -0.2) is 58.2 Å². The molecule has 0 aromatic heterocycles. The lowest BCUT2D eigenvalue weighted by Crippen LogP contribution is -2.54. The third-order valence-corrected chi connectivity index (χ3v) is 7.65. The van der Waals surface area contributed by atoms with Crippen molar-refractivity contribution in [2.24, 2.45) is 0 Å². The number of likely N-dealkylation sites (N-methyl/N-ethyl adjacent to an activating group) is 1. The van der Waals surface area contributed by atoms with Crippen LogP contribution < -0.4 is 10.6 Å². The zero-order chi connectivity index (χ0) is 30.3. The fourth-order valence-electron chi connectivity index (χ4n) is 5.41. The number of amides is 4. The van der Waals surface area contributed by atoms with Crippen LogP contribution in [-0.2, 0) is 22.6 Å². The number of non-ortho nitro benzene ring substituents is 1. The number of nitrogens with one attached hydrogen (secondary N) is 2. The van der Waals surface area contributed by atoms with Crippen molar-refractivity contribution in [2.75, 3.05) is 18.9 Å². The Kier molecular flexibility index (Phi) is 8.95. The van der Waals surface area contributed by atoms with E-state index in [1.54, 1.807) is 11.9 Å². The summed E-state index contributed by atoms with van der Waals surface area (Å²) in [7, 11) is 1.72. The molecule has 2 N–H and O–H groups in total. The monoisotopic (exact) mass is 579 g/mol. The molecule has 1 saturated heterocycles. The maximum Gasteiger partial charge on any atom is 0.322 e. The van der Waals surface area contributed by atoms with Gasteiger partial charge in [-0.1, -0.05) is 72.8 Å². The van der Waals surface area contributed by atoms with Crippen LogP contribution in [0, 0.1) is 10.1 Å². The van der Waals surface area contributed by atoms with Gasteiger partial charge in [0.15, 0.2) is 0 Å². The molecule has 1 heterocycles. The van der Waals surface area contributed by atoms with Crippen LogP contribution in [0.3, 0.4) is 0 Å². The fourth-order valence-corrected chi connectivity index (χ4v) is 5.41. The summed E-state index contributed by atoms with van der Waals surface area (Å²) in [4.78, 5) is 54.0. The van der Waals surface area contributed by atoms with Gasteiger partial charge in [0, 0.05) is 44.4 Å². The predicted molar refractivity (Wildman–Crippen MR) is 164 cm³/mol. The summed E-state index contributed by atoms with van der Waals surface area (Å²) in [6.07, 6.45) is 1.37. The Labute approximate surface area is 249 Å². The SMILES string of the molecule is CN(Cc1ccccc1)C(=O)[C@H](Cc1ccc2ccccc2c1)NC(=O)[C@@H]1CCCN1C(=O)Nc1ccc([N+](=O)[O-])cc1. The Morgan fingerprint density at radius 1 is 0.930 bits per heavy atom. The van der Waals surface area contributed by atoms with Crippen LogP contribution in [0.5, 0.6) is 0 Å². The molecule has 1 fully saturated rings. The highest BCUT2D eigenvalue weighted by atomic mass is 16.6. The third-order valence-electron chi connectivity index (χ3n) is 7.65. The van der Waals surface area contributed by atoms with Crippen LogP contribution in [0.2, 0.25) is 0 Å². The highest BCUT2D eigenvalue weighted by Crippen LogP contribution is 2.22. The molecule has 4 aromatic carbocycles. The van der Waals surface area contributed by atoms with Gasteiger partial charge in [-0.25, -0.2) is 4.79 Å². The Hall–Kier alpha value is -5.25. The van der Waals surface area contributed by atoms with Crippen LogP contribution in [0.15, 0.2) is 97.1 Å². The van der Waals surface area contributed by atoms with Crippen LogP contribution in [0.25, 0.3) is 10.8 Å². The third kappa shape index (κ3) is 7.16. The smallest absolute Gasteiger partial charge is 0.322 e. The molecule has 0 radical (unpaired) electrons. The maximum absolute atomic E-state index is 13.8. The largest absolute Gasteiger partial charge is 0.342 e. The molecule has 1 aliphatic rings. The number of hydrogen-bond acceptors (Lipinski definition) is 5. The van der Waals surface area contributed by atoms with Crippen molar-refractivity contribution >= 4 is 40.0 Å². The molecule has 0 bridgehead atoms. The second kappa shape index (κ2) is 13.2. The first kappa shape index (κ1) is 29.2.